The molecule has 40 heavy (non-hydrogen) atoms. The lowest BCUT2D eigenvalue weighted by atomic mass is 10.1. The highest BCUT2D eigenvalue weighted by atomic mass is 32.2. The molecule has 3 aromatic heterocycles. The monoisotopic (exact) mass is 567 g/mol. The van der Waals surface area contributed by atoms with Crippen molar-refractivity contribution in [3.63, 3.8) is 0 Å². The summed E-state index contributed by atoms with van der Waals surface area (Å²) < 4.78 is 12.5. The van der Waals surface area contributed by atoms with Gasteiger partial charge in [-0.2, -0.15) is 4.98 Å². The van der Waals surface area contributed by atoms with Crippen molar-refractivity contribution in [1.29, 1.82) is 0 Å². The van der Waals surface area contributed by atoms with E-state index < -0.39 is 0 Å². The number of aromatic amines is 1. The lowest BCUT2D eigenvalue weighted by Gasteiger charge is -2.12. The summed E-state index contributed by atoms with van der Waals surface area (Å²) >= 11 is 3.07. The number of ether oxygens (including phenoxy) is 1. The Morgan fingerprint density at radius 2 is 1.73 bits per heavy atom. The summed E-state index contributed by atoms with van der Waals surface area (Å²) in [6, 6.07) is 25.6. The number of benzene rings is 3. The molecule has 0 saturated carbocycles. The van der Waals surface area contributed by atoms with Crippen molar-refractivity contribution < 1.29 is 9.26 Å². The maximum absolute atomic E-state index is 13.8. The largest absolute Gasteiger partial charge is 0.497 e. The van der Waals surface area contributed by atoms with Crippen molar-refractivity contribution in [2.75, 3.05) is 13.4 Å². The van der Waals surface area contributed by atoms with Crippen LogP contribution in [-0.4, -0.2) is 38.0 Å². The quantitative estimate of drug-likeness (QED) is 0.156. The molecule has 3 aromatic carbocycles. The minimum absolute atomic E-state index is 0.148. The van der Waals surface area contributed by atoms with E-state index in [9.17, 15) is 4.79 Å². The fourth-order valence-corrected chi connectivity index (χ4v) is 5.61. The van der Waals surface area contributed by atoms with Gasteiger partial charge in [-0.25, -0.2) is 4.98 Å². The van der Waals surface area contributed by atoms with Gasteiger partial charge in [0.25, 0.3) is 5.56 Å². The summed E-state index contributed by atoms with van der Waals surface area (Å²) in [4.78, 5) is 27.7. The fraction of sp³-hybridized carbons (Fsp3) is 0.133. The Morgan fingerprint density at radius 3 is 2.45 bits per heavy atom. The van der Waals surface area contributed by atoms with Crippen LogP contribution < -0.4 is 10.3 Å². The van der Waals surface area contributed by atoms with Crippen LogP contribution in [0, 0.1) is 0 Å². The zero-order chi connectivity index (χ0) is 27.5. The predicted molar refractivity (Wildman–Crippen MR) is 159 cm³/mol. The Morgan fingerprint density at radius 1 is 0.950 bits per heavy atom. The van der Waals surface area contributed by atoms with E-state index in [0.29, 0.717) is 40.2 Å². The van der Waals surface area contributed by atoms with Gasteiger partial charge in [-0.15, -0.1) is 11.8 Å². The topological polar surface area (TPSA) is 98.8 Å². The van der Waals surface area contributed by atoms with Gasteiger partial charge in [-0.1, -0.05) is 59.4 Å². The lowest BCUT2D eigenvalue weighted by Crippen LogP contribution is -2.24. The first-order valence-electron chi connectivity index (χ1n) is 12.5. The van der Waals surface area contributed by atoms with Gasteiger partial charge >= 0.3 is 0 Å². The number of methoxy groups -OCH3 is 1. The van der Waals surface area contributed by atoms with Crippen LogP contribution in [0.5, 0.6) is 5.75 Å². The van der Waals surface area contributed by atoms with Crippen molar-refractivity contribution in [2.45, 2.75) is 22.3 Å². The molecule has 0 spiro atoms. The summed E-state index contributed by atoms with van der Waals surface area (Å²) in [5, 5.41) is 4.73. The minimum Gasteiger partial charge on any atom is -0.497 e. The molecule has 0 atom stereocenters. The van der Waals surface area contributed by atoms with Crippen molar-refractivity contribution in [3.05, 3.63) is 107 Å². The molecule has 0 aliphatic rings. The second kappa shape index (κ2) is 11.4. The Balaban J connectivity index is 1.35. The van der Waals surface area contributed by atoms with Crippen LogP contribution >= 0.6 is 23.5 Å². The van der Waals surface area contributed by atoms with E-state index in [4.69, 9.17) is 14.2 Å². The number of H-pyrrole nitrogens is 1. The summed E-state index contributed by atoms with van der Waals surface area (Å²) in [7, 11) is 1.63. The van der Waals surface area contributed by atoms with Crippen LogP contribution in [0.4, 0.5) is 0 Å². The van der Waals surface area contributed by atoms with Crippen LogP contribution in [-0.2, 0) is 12.3 Å². The van der Waals surface area contributed by atoms with Crippen molar-refractivity contribution in [2.24, 2.45) is 0 Å². The average molecular weight is 568 g/mol. The van der Waals surface area contributed by atoms with E-state index in [1.54, 1.807) is 23.4 Å². The Labute approximate surface area is 238 Å². The molecule has 0 aliphatic carbocycles. The summed E-state index contributed by atoms with van der Waals surface area (Å²) in [6.45, 7) is 0.352. The average Bonchev–Trinajstić information content (AvgIpc) is 3.66. The zero-order valence-corrected chi connectivity index (χ0v) is 23.5. The minimum atomic E-state index is -0.148. The molecule has 6 aromatic rings. The van der Waals surface area contributed by atoms with Crippen LogP contribution in [0.2, 0.25) is 0 Å². The number of rotatable bonds is 9. The molecule has 0 aliphatic heterocycles. The molecule has 0 radical (unpaired) electrons. The van der Waals surface area contributed by atoms with Crippen molar-refractivity contribution in [1.82, 2.24) is 24.7 Å². The van der Waals surface area contributed by atoms with Gasteiger partial charge in [0.2, 0.25) is 11.7 Å². The van der Waals surface area contributed by atoms with Crippen LogP contribution in [0.3, 0.4) is 0 Å². The normalized spacial score (nSPS) is 11.2. The number of aromatic nitrogens is 5. The van der Waals surface area contributed by atoms with Crippen molar-refractivity contribution >= 4 is 34.6 Å². The van der Waals surface area contributed by atoms with Gasteiger partial charge in [0.05, 0.1) is 19.4 Å². The highest BCUT2D eigenvalue weighted by molar-refractivity contribution is 7.98. The van der Waals surface area contributed by atoms with Gasteiger partial charge in [0, 0.05) is 22.2 Å². The Hall–Kier alpha value is -4.28. The van der Waals surface area contributed by atoms with Gasteiger partial charge in [-0.05, 0) is 53.8 Å². The number of nitrogens with zero attached hydrogens (tertiary/aromatic N) is 4. The van der Waals surface area contributed by atoms with Gasteiger partial charge in [-0.3, -0.25) is 9.36 Å². The first-order chi connectivity index (χ1) is 19.6. The second-order valence-electron chi connectivity index (χ2n) is 8.95. The van der Waals surface area contributed by atoms with Crippen LogP contribution in [0.15, 0.2) is 104 Å². The maximum Gasteiger partial charge on any atom is 0.278 e. The molecular formula is C30H25N5O3S2. The third kappa shape index (κ3) is 5.28. The maximum atomic E-state index is 13.8. The van der Waals surface area contributed by atoms with Gasteiger partial charge in [0.1, 0.15) is 16.8 Å². The molecule has 0 fully saturated rings. The highest BCUT2D eigenvalue weighted by Gasteiger charge is 2.18. The number of hydrogen-bond acceptors (Lipinski definition) is 8. The smallest absolute Gasteiger partial charge is 0.278 e. The van der Waals surface area contributed by atoms with E-state index in [-0.39, 0.29) is 5.56 Å². The van der Waals surface area contributed by atoms with Crippen LogP contribution in [0.1, 0.15) is 11.5 Å². The number of nitrogens with one attached hydrogen (secondary N) is 1. The molecule has 0 amide bonds. The molecule has 3 heterocycles. The molecule has 0 bridgehead atoms. The number of thioether (sulfide) groups is 2. The zero-order valence-electron chi connectivity index (χ0n) is 21.8. The third-order valence-corrected chi connectivity index (χ3v) is 8.18. The SMILES string of the molecule is COc1ccc(Cn2c(SCc3nc(-c4ccc(SC)cc4)no3)nc3c(-c4ccccc4)c[nH]c3c2=O)cc1. The lowest BCUT2D eigenvalue weighted by molar-refractivity contribution is 0.391. The summed E-state index contributed by atoms with van der Waals surface area (Å²) in [6.07, 6.45) is 3.88. The number of fused-ring (bicyclic) bond motifs is 1. The van der Waals surface area contributed by atoms with E-state index in [0.717, 1.165) is 28.0 Å². The molecule has 1 N–H and O–H groups in total. The second-order valence-corrected chi connectivity index (χ2v) is 10.8. The molecule has 8 nitrogen and oxygen atoms in total. The molecule has 0 unspecified atom stereocenters. The molecule has 200 valence electrons. The standard InChI is InChI=1S/C30H25N5O3S2/c1-37-22-12-8-19(9-13-22)17-35-29(36)27-26(24(16-31-27)20-6-4-3-5-7-20)33-30(35)40-18-25-32-28(34-38-25)21-10-14-23(39-2)15-11-21/h3-16,31H,17-18H2,1-2H3. The van der Waals surface area contributed by atoms with E-state index in [1.165, 1.54) is 16.7 Å². The summed E-state index contributed by atoms with van der Waals surface area (Å²) in [5.41, 5.74) is 4.64. The van der Waals surface area contributed by atoms with E-state index >= 15 is 0 Å². The molecule has 6 rings (SSSR count). The Bertz CT molecular complexity index is 1810. The first kappa shape index (κ1) is 26.0. The Kier molecular flexibility index (Phi) is 7.43. The third-order valence-electron chi connectivity index (χ3n) is 6.48. The van der Waals surface area contributed by atoms with E-state index in [2.05, 4.69) is 15.1 Å². The molecular weight excluding hydrogens is 542 g/mol. The summed E-state index contributed by atoms with van der Waals surface area (Å²) in [5.74, 6) is 2.10. The first-order valence-corrected chi connectivity index (χ1v) is 14.7. The predicted octanol–water partition coefficient (Wildman–Crippen LogP) is 6.51. The van der Waals surface area contributed by atoms with E-state index in [1.807, 2.05) is 91.3 Å². The van der Waals surface area contributed by atoms with Gasteiger partial charge in [0.15, 0.2) is 5.16 Å². The van der Waals surface area contributed by atoms with Crippen molar-refractivity contribution in [3.8, 4) is 28.3 Å². The highest BCUT2D eigenvalue weighted by Crippen LogP contribution is 2.29. The van der Waals surface area contributed by atoms with Crippen LogP contribution in [0.25, 0.3) is 33.5 Å². The van der Waals surface area contributed by atoms with Gasteiger partial charge < -0.3 is 14.2 Å². The molecule has 10 heteroatoms. The fourth-order valence-electron chi connectivity index (χ4n) is 4.37. The molecule has 0 saturated heterocycles. The number of hydrogen-bond donors (Lipinski definition) is 1.